The number of ketones is 1. The van der Waals surface area contributed by atoms with E-state index in [0.29, 0.717) is 16.3 Å². The van der Waals surface area contributed by atoms with Gasteiger partial charge in [0.15, 0.2) is 5.78 Å². The Kier molecular flexibility index (Phi) is 4.92. The van der Waals surface area contributed by atoms with Gasteiger partial charge in [0.25, 0.3) is 0 Å². The summed E-state index contributed by atoms with van der Waals surface area (Å²) in [5.41, 5.74) is 0.912. The number of nitrogens with one attached hydrogen (secondary N) is 1. The van der Waals surface area contributed by atoms with E-state index < -0.39 is 0 Å². The van der Waals surface area contributed by atoms with Gasteiger partial charge in [0, 0.05) is 38.9 Å². The van der Waals surface area contributed by atoms with E-state index in [1.54, 1.807) is 29.3 Å². The van der Waals surface area contributed by atoms with E-state index in [4.69, 9.17) is 11.6 Å². The lowest BCUT2D eigenvalue weighted by atomic mass is 10.1. The Morgan fingerprint density at radius 3 is 2.56 bits per heavy atom. The Hall–Kier alpha value is -1.81. The van der Waals surface area contributed by atoms with Gasteiger partial charge in [-0.1, -0.05) is 11.6 Å². The SMILES string of the molecule is CC(=O)Nc1cc(C(=O)C=CN(C)C)ccc1Cl. The molecule has 0 saturated carbocycles. The molecule has 0 aliphatic heterocycles. The minimum atomic E-state index is -0.231. The lowest BCUT2D eigenvalue weighted by Crippen LogP contribution is -2.08. The number of amides is 1. The zero-order valence-corrected chi connectivity index (χ0v) is 11.3. The van der Waals surface area contributed by atoms with Gasteiger partial charge in [-0.05, 0) is 18.2 Å². The fourth-order valence-corrected chi connectivity index (χ4v) is 1.44. The van der Waals surface area contributed by atoms with Crippen LogP contribution in [0.4, 0.5) is 5.69 Å². The Bertz CT molecular complexity index is 496. The van der Waals surface area contributed by atoms with E-state index in [-0.39, 0.29) is 11.7 Å². The summed E-state index contributed by atoms with van der Waals surface area (Å²) >= 11 is 5.92. The summed E-state index contributed by atoms with van der Waals surface area (Å²) in [5.74, 6) is -0.377. The molecule has 1 amide bonds. The summed E-state index contributed by atoms with van der Waals surface area (Å²) in [7, 11) is 3.66. The Morgan fingerprint density at radius 2 is 2.00 bits per heavy atom. The third-order valence-electron chi connectivity index (χ3n) is 2.09. The highest BCUT2D eigenvalue weighted by molar-refractivity contribution is 6.34. The fourth-order valence-electron chi connectivity index (χ4n) is 1.28. The molecule has 0 heterocycles. The maximum Gasteiger partial charge on any atom is 0.221 e. The molecule has 18 heavy (non-hydrogen) atoms. The first kappa shape index (κ1) is 14.3. The summed E-state index contributed by atoms with van der Waals surface area (Å²) < 4.78 is 0. The van der Waals surface area contributed by atoms with Crippen molar-refractivity contribution in [1.29, 1.82) is 0 Å². The summed E-state index contributed by atoms with van der Waals surface area (Å²) in [6.07, 6.45) is 3.12. The smallest absolute Gasteiger partial charge is 0.221 e. The number of anilines is 1. The highest BCUT2D eigenvalue weighted by atomic mass is 35.5. The molecule has 0 aromatic heterocycles. The van der Waals surface area contributed by atoms with Gasteiger partial charge in [-0.3, -0.25) is 9.59 Å². The van der Waals surface area contributed by atoms with Gasteiger partial charge < -0.3 is 10.2 Å². The predicted octanol–water partition coefficient (Wildman–Crippen LogP) is 2.56. The van der Waals surface area contributed by atoms with Crippen molar-refractivity contribution in [2.45, 2.75) is 6.92 Å². The quantitative estimate of drug-likeness (QED) is 0.673. The fraction of sp³-hybridized carbons (Fsp3) is 0.231. The van der Waals surface area contributed by atoms with Gasteiger partial charge in [0.2, 0.25) is 5.91 Å². The van der Waals surface area contributed by atoms with Crippen molar-refractivity contribution in [2.24, 2.45) is 0 Å². The molecule has 0 aliphatic carbocycles. The molecule has 0 saturated heterocycles. The molecule has 1 aromatic carbocycles. The highest BCUT2D eigenvalue weighted by Gasteiger charge is 2.07. The van der Waals surface area contributed by atoms with Crippen molar-refractivity contribution in [3.8, 4) is 0 Å². The van der Waals surface area contributed by atoms with E-state index in [2.05, 4.69) is 5.32 Å². The molecular weight excluding hydrogens is 252 g/mol. The van der Waals surface area contributed by atoms with E-state index >= 15 is 0 Å². The largest absolute Gasteiger partial charge is 0.383 e. The second kappa shape index (κ2) is 6.21. The normalized spacial score (nSPS) is 10.4. The number of nitrogens with zero attached hydrogens (tertiary/aromatic N) is 1. The molecule has 0 unspecified atom stereocenters. The standard InChI is InChI=1S/C13H15ClN2O2/c1-9(17)15-12-8-10(4-5-11(12)14)13(18)6-7-16(2)3/h4-8H,1-3H3,(H,15,17). The molecule has 96 valence electrons. The molecule has 0 fully saturated rings. The first-order chi connectivity index (χ1) is 8.40. The lowest BCUT2D eigenvalue weighted by molar-refractivity contribution is -0.114. The zero-order chi connectivity index (χ0) is 13.7. The average molecular weight is 267 g/mol. The second-order valence-corrected chi connectivity index (χ2v) is 4.43. The van der Waals surface area contributed by atoms with E-state index in [1.165, 1.54) is 13.0 Å². The highest BCUT2D eigenvalue weighted by Crippen LogP contribution is 2.23. The number of halogens is 1. The first-order valence-electron chi connectivity index (χ1n) is 5.36. The van der Waals surface area contributed by atoms with Gasteiger partial charge >= 0.3 is 0 Å². The van der Waals surface area contributed by atoms with Crippen molar-refractivity contribution >= 4 is 29.0 Å². The summed E-state index contributed by atoms with van der Waals surface area (Å²) in [4.78, 5) is 24.6. The number of rotatable bonds is 4. The Balaban J connectivity index is 2.97. The number of allylic oxidation sites excluding steroid dienone is 1. The maximum atomic E-state index is 11.8. The van der Waals surface area contributed by atoms with Crippen LogP contribution in [-0.2, 0) is 4.79 Å². The average Bonchev–Trinajstić information content (AvgIpc) is 2.28. The molecule has 0 spiro atoms. The topological polar surface area (TPSA) is 49.4 Å². The third kappa shape index (κ3) is 4.22. The number of benzene rings is 1. The van der Waals surface area contributed by atoms with Crippen LogP contribution in [0.25, 0.3) is 0 Å². The van der Waals surface area contributed by atoms with Crippen molar-refractivity contribution < 1.29 is 9.59 Å². The van der Waals surface area contributed by atoms with Gasteiger partial charge in [-0.15, -0.1) is 0 Å². The van der Waals surface area contributed by atoms with E-state index in [0.717, 1.165) is 0 Å². The molecule has 0 aliphatic rings. The van der Waals surface area contributed by atoms with Crippen LogP contribution in [0.2, 0.25) is 5.02 Å². The van der Waals surface area contributed by atoms with E-state index in [9.17, 15) is 9.59 Å². The molecule has 4 nitrogen and oxygen atoms in total. The molecule has 5 heteroatoms. The van der Waals surface area contributed by atoms with Crippen LogP contribution in [0, 0.1) is 0 Å². The molecule has 1 N–H and O–H groups in total. The molecule has 0 bridgehead atoms. The minimum Gasteiger partial charge on any atom is -0.383 e. The van der Waals surface area contributed by atoms with Gasteiger partial charge in [0.05, 0.1) is 10.7 Å². The predicted molar refractivity (Wildman–Crippen MR) is 72.9 cm³/mol. The van der Waals surface area contributed by atoms with Crippen molar-refractivity contribution in [3.05, 3.63) is 41.1 Å². The summed E-state index contributed by atoms with van der Waals surface area (Å²) in [5, 5.41) is 2.98. The van der Waals surface area contributed by atoms with Gasteiger partial charge in [-0.25, -0.2) is 0 Å². The number of hydrogen-bond acceptors (Lipinski definition) is 3. The lowest BCUT2D eigenvalue weighted by Gasteiger charge is -2.07. The van der Waals surface area contributed by atoms with Crippen molar-refractivity contribution in [3.63, 3.8) is 0 Å². The molecular formula is C13H15ClN2O2. The molecule has 0 atom stereocenters. The van der Waals surface area contributed by atoms with Gasteiger partial charge in [0.1, 0.15) is 0 Å². The van der Waals surface area contributed by atoms with Crippen LogP contribution in [0.15, 0.2) is 30.5 Å². The van der Waals surface area contributed by atoms with Crippen LogP contribution in [-0.4, -0.2) is 30.7 Å². The minimum absolute atomic E-state index is 0.146. The second-order valence-electron chi connectivity index (χ2n) is 4.02. The van der Waals surface area contributed by atoms with Gasteiger partial charge in [-0.2, -0.15) is 0 Å². The van der Waals surface area contributed by atoms with Crippen molar-refractivity contribution in [2.75, 3.05) is 19.4 Å². The first-order valence-corrected chi connectivity index (χ1v) is 5.74. The van der Waals surface area contributed by atoms with Crippen LogP contribution in [0.5, 0.6) is 0 Å². The van der Waals surface area contributed by atoms with Crippen LogP contribution < -0.4 is 5.32 Å². The Labute approximate surface area is 111 Å². The third-order valence-corrected chi connectivity index (χ3v) is 2.42. The monoisotopic (exact) mass is 266 g/mol. The maximum absolute atomic E-state index is 11.8. The van der Waals surface area contributed by atoms with Crippen LogP contribution >= 0.6 is 11.6 Å². The molecule has 1 rings (SSSR count). The summed E-state index contributed by atoms with van der Waals surface area (Å²) in [6, 6.07) is 4.77. The number of carbonyl (C=O) groups is 2. The zero-order valence-electron chi connectivity index (χ0n) is 10.5. The number of carbonyl (C=O) groups excluding carboxylic acids is 2. The van der Waals surface area contributed by atoms with Crippen LogP contribution in [0.3, 0.4) is 0 Å². The Morgan fingerprint density at radius 1 is 1.33 bits per heavy atom. The van der Waals surface area contributed by atoms with Crippen LogP contribution in [0.1, 0.15) is 17.3 Å². The summed E-state index contributed by atoms with van der Waals surface area (Å²) in [6.45, 7) is 1.39. The number of hydrogen-bond donors (Lipinski definition) is 1. The molecule has 0 radical (unpaired) electrons. The molecule has 1 aromatic rings. The van der Waals surface area contributed by atoms with E-state index in [1.807, 2.05) is 14.1 Å². The van der Waals surface area contributed by atoms with Crippen molar-refractivity contribution in [1.82, 2.24) is 4.90 Å².